The summed E-state index contributed by atoms with van der Waals surface area (Å²) in [7, 11) is 0. The molecule has 0 aliphatic heterocycles. The number of carbonyl (C=O) groups is 1. The average Bonchev–Trinajstić information content (AvgIpc) is 2.74. The van der Waals surface area contributed by atoms with Crippen LogP contribution in [-0.4, -0.2) is 12.6 Å². The van der Waals surface area contributed by atoms with Crippen LogP contribution in [0.25, 0.3) is 0 Å². The Kier molecular flexibility index (Phi) is 2.32. The fraction of sp³-hybridized carbons (Fsp3) is 0.917. The summed E-state index contributed by atoms with van der Waals surface area (Å²) in [5.74, 6) is 0.0434. The molecule has 80 valence electrons. The van der Waals surface area contributed by atoms with E-state index in [-0.39, 0.29) is 11.4 Å². The Bertz CT molecular complexity index is 241. The van der Waals surface area contributed by atoms with E-state index in [1.165, 1.54) is 32.1 Å². The molecular weight excluding hydrogens is 176 g/mol. The van der Waals surface area contributed by atoms with Gasteiger partial charge in [0.2, 0.25) is 0 Å². The molecule has 0 saturated heterocycles. The largest absolute Gasteiger partial charge is 0.466 e. The molecule has 2 aliphatic carbocycles. The Morgan fingerprint density at radius 2 is 1.93 bits per heavy atom. The van der Waals surface area contributed by atoms with Gasteiger partial charge in [-0.2, -0.15) is 0 Å². The zero-order valence-corrected chi connectivity index (χ0v) is 9.27. The number of hydrogen-bond acceptors (Lipinski definition) is 2. The van der Waals surface area contributed by atoms with Crippen LogP contribution in [0.1, 0.15) is 52.4 Å². The van der Waals surface area contributed by atoms with E-state index < -0.39 is 0 Å². The van der Waals surface area contributed by atoms with Gasteiger partial charge in [-0.15, -0.1) is 0 Å². The third kappa shape index (κ3) is 1.27. The van der Waals surface area contributed by atoms with Crippen LogP contribution in [0, 0.1) is 10.8 Å². The van der Waals surface area contributed by atoms with E-state index in [0.29, 0.717) is 12.0 Å². The maximum Gasteiger partial charge on any atom is 0.312 e. The molecule has 2 fully saturated rings. The van der Waals surface area contributed by atoms with Crippen LogP contribution in [0.3, 0.4) is 0 Å². The number of hydrogen-bond donors (Lipinski definition) is 0. The Hall–Kier alpha value is -0.530. The van der Waals surface area contributed by atoms with Crippen molar-refractivity contribution in [2.75, 3.05) is 6.61 Å². The maximum atomic E-state index is 11.8. The van der Waals surface area contributed by atoms with E-state index in [1.807, 2.05) is 6.92 Å². The van der Waals surface area contributed by atoms with Crippen molar-refractivity contribution in [3.05, 3.63) is 0 Å². The summed E-state index contributed by atoms with van der Waals surface area (Å²) in [6.45, 7) is 4.50. The topological polar surface area (TPSA) is 26.3 Å². The van der Waals surface area contributed by atoms with Crippen molar-refractivity contribution in [3.63, 3.8) is 0 Å². The van der Waals surface area contributed by atoms with Crippen molar-refractivity contribution in [1.82, 2.24) is 0 Å². The van der Waals surface area contributed by atoms with Gasteiger partial charge in [-0.3, -0.25) is 4.79 Å². The van der Waals surface area contributed by atoms with Crippen LogP contribution in [0.15, 0.2) is 0 Å². The van der Waals surface area contributed by atoms with Gasteiger partial charge < -0.3 is 4.74 Å². The molecule has 0 aromatic carbocycles. The minimum absolute atomic E-state index is 0.0434. The fourth-order valence-electron chi connectivity index (χ4n) is 3.17. The van der Waals surface area contributed by atoms with E-state index in [9.17, 15) is 4.79 Å². The van der Waals surface area contributed by atoms with Gasteiger partial charge in [-0.25, -0.2) is 0 Å². The van der Waals surface area contributed by atoms with Crippen LogP contribution >= 0.6 is 0 Å². The zero-order chi connectivity index (χ0) is 10.2. The highest BCUT2D eigenvalue weighted by molar-refractivity contribution is 5.81. The summed E-state index contributed by atoms with van der Waals surface area (Å²) in [6, 6.07) is 0. The molecular formula is C12H20O2. The molecule has 0 N–H and O–H groups in total. The molecule has 14 heavy (non-hydrogen) atoms. The first-order valence-corrected chi connectivity index (χ1v) is 5.82. The van der Waals surface area contributed by atoms with E-state index in [4.69, 9.17) is 4.74 Å². The van der Waals surface area contributed by atoms with Crippen LogP contribution in [0.4, 0.5) is 0 Å². The monoisotopic (exact) mass is 196 g/mol. The molecule has 2 saturated carbocycles. The standard InChI is InChI=1S/C12H20O2/c1-3-14-10(13)11(2)9-12(11)7-5-4-6-8-12/h3-9H2,1-2H3/t11-/m1/s1. The lowest BCUT2D eigenvalue weighted by Crippen LogP contribution is -2.25. The smallest absolute Gasteiger partial charge is 0.312 e. The minimum Gasteiger partial charge on any atom is -0.466 e. The van der Waals surface area contributed by atoms with Gasteiger partial charge in [0.05, 0.1) is 12.0 Å². The highest BCUT2D eigenvalue weighted by Crippen LogP contribution is 2.70. The highest BCUT2D eigenvalue weighted by atomic mass is 16.5. The van der Waals surface area contributed by atoms with Gasteiger partial charge in [0, 0.05) is 0 Å². The average molecular weight is 196 g/mol. The molecule has 2 nitrogen and oxygen atoms in total. The number of rotatable bonds is 2. The maximum absolute atomic E-state index is 11.8. The second kappa shape index (κ2) is 3.25. The van der Waals surface area contributed by atoms with Gasteiger partial charge in [-0.05, 0) is 38.5 Å². The van der Waals surface area contributed by atoms with Crippen molar-refractivity contribution >= 4 is 5.97 Å². The first-order valence-electron chi connectivity index (χ1n) is 5.82. The minimum atomic E-state index is -0.135. The Labute approximate surface area is 86.0 Å². The second-order valence-corrected chi connectivity index (χ2v) is 5.07. The number of carbonyl (C=O) groups excluding carboxylic acids is 1. The van der Waals surface area contributed by atoms with E-state index >= 15 is 0 Å². The molecule has 2 aliphatic rings. The molecule has 2 heteroatoms. The molecule has 0 radical (unpaired) electrons. The van der Waals surface area contributed by atoms with Crippen molar-refractivity contribution in [2.45, 2.75) is 52.4 Å². The van der Waals surface area contributed by atoms with Crippen LogP contribution in [-0.2, 0) is 9.53 Å². The quantitative estimate of drug-likeness (QED) is 0.635. The molecule has 0 heterocycles. The highest BCUT2D eigenvalue weighted by Gasteiger charge is 2.68. The summed E-state index contributed by atoms with van der Waals surface area (Å²) in [5, 5.41) is 0. The third-order valence-electron chi connectivity index (χ3n) is 4.27. The van der Waals surface area contributed by atoms with E-state index in [0.717, 1.165) is 6.42 Å². The lowest BCUT2D eigenvalue weighted by Gasteiger charge is -2.25. The fourth-order valence-corrected chi connectivity index (χ4v) is 3.17. The molecule has 0 aromatic heterocycles. The summed E-state index contributed by atoms with van der Waals surface area (Å²) < 4.78 is 5.16. The van der Waals surface area contributed by atoms with Crippen LogP contribution < -0.4 is 0 Å². The summed E-state index contributed by atoms with van der Waals surface area (Å²) in [6.07, 6.45) is 7.49. The van der Waals surface area contributed by atoms with Crippen molar-refractivity contribution in [1.29, 1.82) is 0 Å². The molecule has 2 rings (SSSR count). The number of ether oxygens (including phenoxy) is 1. The SMILES string of the molecule is CCOC(=O)[C@@]1(C)CC12CCCCC2. The van der Waals surface area contributed by atoms with Gasteiger partial charge >= 0.3 is 5.97 Å². The third-order valence-corrected chi connectivity index (χ3v) is 4.27. The number of esters is 1. The summed E-state index contributed by atoms with van der Waals surface area (Å²) in [4.78, 5) is 11.8. The Morgan fingerprint density at radius 3 is 2.50 bits per heavy atom. The Balaban J connectivity index is 2.02. The summed E-state index contributed by atoms with van der Waals surface area (Å²) >= 11 is 0. The van der Waals surface area contributed by atoms with Crippen LogP contribution in [0.2, 0.25) is 0 Å². The van der Waals surface area contributed by atoms with E-state index in [1.54, 1.807) is 0 Å². The Morgan fingerprint density at radius 1 is 1.29 bits per heavy atom. The molecule has 0 amide bonds. The summed E-state index contributed by atoms with van der Waals surface area (Å²) in [5.41, 5.74) is 0.195. The lowest BCUT2D eigenvalue weighted by atomic mass is 9.80. The van der Waals surface area contributed by atoms with Gasteiger partial charge in [0.15, 0.2) is 0 Å². The lowest BCUT2D eigenvalue weighted by molar-refractivity contribution is -0.150. The van der Waals surface area contributed by atoms with Gasteiger partial charge in [0.25, 0.3) is 0 Å². The molecule has 0 unspecified atom stereocenters. The first kappa shape index (κ1) is 10.0. The first-order chi connectivity index (χ1) is 6.65. The van der Waals surface area contributed by atoms with Crippen molar-refractivity contribution < 1.29 is 9.53 Å². The predicted molar refractivity (Wildman–Crippen MR) is 54.9 cm³/mol. The second-order valence-electron chi connectivity index (χ2n) is 5.07. The van der Waals surface area contributed by atoms with Crippen molar-refractivity contribution in [3.8, 4) is 0 Å². The van der Waals surface area contributed by atoms with E-state index in [2.05, 4.69) is 6.92 Å². The molecule has 1 atom stereocenters. The van der Waals surface area contributed by atoms with Crippen LogP contribution in [0.5, 0.6) is 0 Å². The zero-order valence-electron chi connectivity index (χ0n) is 9.27. The normalized spacial score (nSPS) is 34.1. The molecule has 0 bridgehead atoms. The van der Waals surface area contributed by atoms with Gasteiger partial charge in [-0.1, -0.05) is 19.3 Å². The van der Waals surface area contributed by atoms with Crippen molar-refractivity contribution in [2.24, 2.45) is 10.8 Å². The van der Waals surface area contributed by atoms with Gasteiger partial charge in [0.1, 0.15) is 0 Å². The molecule has 1 spiro atoms. The molecule has 0 aromatic rings. The predicted octanol–water partition coefficient (Wildman–Crippen LogP) is 2.91.